The molecule has 2 aromatic heterocycles. The Morgan fingerprint density at radius 3 is 2.55 bits per heavy atom. The number of carbonyl (C=O) groups is 1. The summed E-state index contributed by atoms with van der Waals surface area (Å²) in [6.07, 6.45) is 5.34. The van der Waals surface area contributed by atoms with Gasteiger partial charge >= 0.3 is 0 Å². The van der Waals surface area contributed by atoms with Crippen LogP contribution in [0.2, 0.25) is 0 Å². The van der Waals surface area contributed by atoms with Gasteiger partial charge in [-0.25, -0.2) is 14.4 Å². The van der Waals surface area contributed by atoms with Crippen molar-refractivity contribution < 1.29 is 13.9 Å². The van der Waals surface area contributed by atoms with Crippen molar-refractivity contribution in [1.29, 1.82) is 0 Å². The van der Waals surface area contributed by atoms with Gasteiger partial charge in [0.2, 0.25) is 11.9 Å². The van der Waals surface area contributed by atoms with Gasteiger partial charge in [0.05, 0.1) is 29.9 Å². The summed E-state index contributed by atoms with van der Waals surface area (Å²) in [6.45, 7) is 7.49. The number of rotatable bonds is 11. The molecule has 0 atom stereocenters. The van der Waals surface area contributed by atoms with Crippen molar-refractivity contribution in [3.63, 3.8) is 0 Å². The van der Waals surface area contributed by atoms with Crippen LogP contribution in [0.15, 0.2) is 54.7 Å². The fraction of sp³-hybridized carbons (Fsp3) is 0.344. The van der Waals surface area contributed by atoms with E-state index in [9.17, 15) is 9.18 Å². The summed E-state index contributed by atoms with van der Waals surface area (Å²) < 4.78 is 21.9. The standard InChI is InChI=1S/C32H40FN7O2/c1-20(2)9-12-31(41)35-26-17-27(30(42-8)18-29(26)39(6)14-13-38(4)5)37-32-34-21(3)15-25(36-32)24-19-40(7)28-11-10-22(33)16-23(24)28/h9-12,15-20H,13-14H2,1-8H3,(H,35,41)(H,34,36,37)/b12-9-. The molecule has 2 aromatic carbocycles. The maximum absolute atomic E-state index is 14.2. The smallest absolute Gasteiger partial charge is 0.248 e. The van der Waals surface area contributed by atoms with Crippen LogP contribution in [0.1, 0.15) is 19.5 Å². The number of methoxy groups -OCH3 is 1. The van der Waals surface area contributed by atoms with Gasteiger partial charge in [-0.1, -0.05) is 19.9 Å². The van der Waals surface area contributed by atoms with Gasteiger partial charge in [-0.3, -0.25) is 4.79 Å². The second kappa shape index (κ2) is 13.0. The number of halogens is 1. The molecule has 42 heavy (non-hydrogen) atoms. The number of aromatic nitrogens is 3. The second-order valence-electron chi connectivity index (χ2n) is 11.0. The number of allylic oxidation sites excluding steroid dienone is 1. The first-order valence-electron chi connectivity index (χ1n) is 13.9. The highest BCUT2D eigenvalue weighted by Crippen LogP contribution is 2.38. The van der Waals surface area contributed by atoms with Gasteiger partial charge in [0, 0.05) is 61.6 Å². The fourth-order valence-corrected chi connectivity index (χ4v) is 4.63. The molecule has 4 aromatic rings. The zero-order valence-corrected chi connectivity index (χ0v) is 25.6. The minimum Gasteiger partial charge on any atom is -0.494 e. The van der Waals surface area contributed by atoms with Crippen molar-refractivity contribution in [2.24, 2.45) is 13.0 Å². The molecule has 0 radical (unpaired) electrons. The number of aryl methyl sites for hydroxylation is 2. The summed E-state index contributed by atoms with van der Waals surface area (Å²) in [5, 5.41) is 7.10. The molecule has 2 heterocycles. The predicted octanol–water partition coefficient (Wildman–Crippen LogP) is 5.98. The van der Waals surface area contributed by atoms with Crippen LogP contribution in [0.3, 0.4) is 0 Å². The van der Waals surface area contributed by atoms with Gasteiger partial charge in [0.15, 0.2) is 0 Å². The summed E-state index contributed by atoms with van der Waals surface area (Å²) in [5.74, 6) is 0.632. The number of carbonyl (C=O) groups excluding carboxylic acids is 1. The lowest BCUT2D eigenvalue weighted by Gasteiger charge is -2.26. The van der Waals surface area contributed by atoms with Crippen LogP contribution in [0.4, 0.5) is 27.4 Å². The molecular weight excluding hydrogens is 533 g/mol. The van der Waals surface area contributed by atoms with E-state index in [2.05, 4.69) is 25.4 Å². The van der Waals surface area contributed by atoms with Crippen LogP contribution < -0.4 is 20.3 Å². The first kappa shape index (κ1) is 30.5. The van der Waals surface area contributed by atoms with E-state index in [-0.39, 0.29) is 17.6 Å². The highest BCUT2D eigenvalue weighted by molar-refractivity contribution is 6.02. The molecule has 0 unspecified atom stereocenters. The number of fused-ring (bicyclic) bond motifs is 1. The van der Waals surface area contributed by atoms with E-state index in [1.807, 2.05) is 84.0 Å². The Hall–Kier alpha value is -4.44. The van der Waals surface area contributed by atoms with E-state index in [0.29, 0.717) is 28.8 Å². The lowest BCUT2D eigenvalue weighted by Crippen LogP contribution is -2.29. The highest BCUT2D eigenvalue weighted by atomic mass is 19.1. The van der Waals surface area contributed by atoms with Crippen molar-refractivity contribution in [2.75, 3.05) is 56.9 Å². The van der Waals surface area contributed by atoms with Crippen molar-refractivity contribution >= 4 is 39.8 Å². The van der Waals surface area contributed by atoms with Crippen molar-refractivity contribution in [3.8, 4) is 17.0 Å². The number of anilines is 4. The van der Waals surface area contributed by atoms with Gasteiger partial charge in [0.1, 0.15) is 11.6 Å². The summed E-state index contributed by atoms with van der Waals surface area (Å²) in [6, 6.07) is 10.3. The quantitative estimate of drug-likeness (QED) is 0.213. The molecule has 9 nitrogen and oxygen atoms in total. The molecule has 4 rings (SSSR count). The summed E-state index contributed by atoms with van der Waals surface area (Å²) in [4.78, 5) is 26.4. The van der Waals surface area contributed by atoms with E-state index < -0.39 is 0 Å². The molecule has 2 N–H and O–H groups in total. The predicted molar refractivity (Wildman–Crippen MR) is 169 cm³/mol. The summed E-state index contributed by atoms with van der Waals surface area (Å²) >= 11 is 0. The maximum atomic E-state index is 14.2. The van der Waals surface area contributed by atoms with Crippen LogP contribution >= 0.6 is 0 Å². The number of amides is 1. The molecular formula is C32H40FN7O2. The Morgan fingerprint density at radius 1 is 1.10 bits per heavy atom. The lowest BCUT2D eigenvalue weighted by atomic mass is 10.1. The van der Waals surface area contributed by atoms with E-state index in [4.69, 9.17) is 9.72 Å². The van der Waals surface area contributed by atoms with E-state index in [1.54, 1.807) is 19.3 Å². The van der Waals surface area contributed by atoms with Gasteiger partial charge < -0.3 is 29.7 Å². The maximum Gasteiger partial charge on any atom is 0.248 e. The van der Waals surface area contributed by atoms with Crippen molar-refractivity contribution in [2.45, 2.75) is 20.8 Å². The van der Waals surface area contributed by atoms with Crippen molar-refractivity contribution in [3.05, 3.63) is 66.3 Å². The van der Waals surface area contributed by atoms with Crippen LogP contribution in [0.25, 0.3) is 22.2 Å². The van der Waals surface area contributed by atoms with Gasteiger partial charge in [-0.2, -0.15) is 0 Å². The van der Waals surface area contributed by atoms with Gasteiger partial charge in [0.25, 0.3) is 0 Å². The Kier molecular flexibility index (Phi) is 9.47. The average Bonchev–Trinajstić information content (AvgIpc) is 3.25. The monoisotopic (exact) mass is 573 g/mol. The van der Waals surface area contributed by atoms with Crippen LogP contribution in [-0.2, 0) is 11.8 Å². The second-order valence-corrected chi connectivity index (χ2v) is 11.0. The van der Waals surface area contributed by atoms with E-state index in [0.717, 1.165) is 40.9 Å². The number of nitrogens with one attached hydrogen (secondary N) is 2. The fourth-order valence-electron chi connectivity index (χ4n) is 4.63. The SMILES string of the molecule is COc1cc(N(C)CCN(C)C)c(NC(=O)/C=C\C(C)C)cc1Nc1nc(C)cc(-c2cn(C)c3ccc(F)cc23)n1. The zero-order valence-electron chi connectivity index (χ0n) is 25.6. The number of hydrogen-bond acceptors (Lipinski definition) is 7. The Morgan fingerprint density at radius 2 is 1.86 bits per heavy atom. The first-order chi connectivity index (χ1) is 19.9. The Balaban J connectivity index is 1.75. The van der Waals surface area contributed by atoms with Crippen LogP contribution in [0.5, 0.6) is 5.75 Å². The molecule has 222 valence electrons. The highest BCUT2D eigenvalue weighted by Gasteiger charge is 2.18. The Bertz CT molecular complexity index is 1610. The third-order valence-corrected chi connectivity index (χ3v) is 6.83. The summed E-state index contributed by atoms with van der Waals surface area (Å²) in [7, 11) is 9.54. The lowest BCUT2D eigenvalue weighted by molar-refractivity contribution is -0.111. The topological polar surface area (TPSA) is 87.5 Å². The summed E-state index contributed by atoms with van der Waals surface area (Å²) in [5.41, 5.74) is 5.13. The molecule has 0 bridgehead atoms. The number of likely N-dealkylation sites (N-methyl/N-ethyl adjacent to an activating group) is 2. The van der Waals surface area contributed by atoms with Crippen LogP contribution in [-0.4, -0.2) is 66.7 Å². The molecule has 0 aliphatic carbocycles. The molecule has 0 aliphatic heterocycles. The van der Waals surface area contributed by atoms with Crippen LogP contribution in [0, 0.1) is 18.7 Å². The third kappa shape index (κ3) is 7.25. The minimum absolute atomic E-state index is 0.223. The molecule has 0 spiro atoms. The Labute approximate surface area is 247 Å². The van der Waals surface area contributed by atoms with Crippen molar-refractivity contribution in [1.82, 2.24) is 19.4 Å². The van der Waals surface area contributed by atoms with E-state index in [1.165, 1.54) is 12.1 Å². The average molecular weight is 574 g/mol. The van der Waals surface area contributed by atoms with Gasteiger partial charge in [-0.05, 0) is 63.3 Å². The molecule has 0 saturated heterocycles. The largest absolute Gasteiger partial charge is 0.494 e. The number of nitrogens with zero attached hydrogens (tertiary/aromatic N) is 5. The first-order valence-corrected chi connectivity index (χ1v) is 13.9. The molecule has 0 fully saturated rings. The third-order valence-electron chi connectivity index (χ3n) is 6.83. The normalized spacial score (nSPS) is 11.6. The minimum atomic E-state index is -0.308. The number of hydrogen-bond donors (Lipinski definition) is 2. The van der Waals surface area contributed by atoms with Gasteiger partial charge in [-0.15, -0.1) is 0 Å². The zero-order chi connectivity index (χ0) is 30.6. The molecule has 1 amide bonds. The molecule has 0 saturated carbocycles. The number of ether oxygens (including phenoxy) is 1. The molecule has 0 aliphatic rings. The number of benzene rings is 2. The molecule has 10 heteroatoms. The van der Waals surface area contributed by atoms with E-state index >= 15 is 0 Å².